The molecule has 4 N–H and O–H groups in total. The molecule has 0 unspecified atom stereocenters. The molecular weight excluding hydrogens is 160 g/mol. The fourth-order valence-electron chi connectivity index (χ4n) is 1.22. The van der Waals surface area contributed by atoms with Crippen LogP contribution in [0.4, 0.5) is 11.6 Å². The molecule has 58 valence electrons. The second kappa shape index (κ2) is 2.20. The molecule has 1 aliphatic rings. The van der Waals surface area contributed by atoms with Gasteiger partial charge in [0, 0.05) is 12.1 Å². The summed E-state index contributed by atoms with van der Waals surface area (Å²) in [6.45, 7) is 0.902. The summed E-state index contributed by atoms with van der Waals surface area (Å²) >= 11 is 4.85. The van der Waals surface area contributed by atoms with E-state index in [0.717, 1.165) is 24.3 Å². The van der Waals surface area contributed by atoms with E-state index in [1.807, 2.05) is 0 Å². The van der Waals surface area contributed by atoms with Gasteiger partial charge in [-0.2, -0.15) is 0 Å². The standard InChI is InChI=1S/C6H8N4S/c7-4-3-1-2-8-5(3)10-6(11)9-4/h1-2H2,(H4,7,8,9,10,11). The molecule has 0 atom stereocenters. The molecule has 0 saturated heterocycles. The van der Waals surface area contributed by atoms with Crippen molar-refractivity contribution in [1.29, 1.82) is 0 Å². The van der Waals surface area contributed by atoms with E-state index in [4.69, 9.17) is 18.0 Å². The molecule has 11 heavy (non-hydrogen) atoms. The largest absolute Gasteiger partial charge is 0.385 e. The predicted octanol–water partition coefficient (Wildman–Crippen LogP) is 0.689. The third-order valence-corrected chi connectivity index (χ3v) is 1.93. The minimum atomic E-state index is 0.440. The first-order valence-electron chi connectivity index (χ1n) is 3.40. The van der Waals surface area contributed by atoms with Crippen LogP contribution in [0.1, 0.15) is 5.56 Å². The summed E-state index contributed by atoms with van der Waals surface area (Å²) in [7, 11) is 0. The highest BCUT2D eigenvalue weighted by molar-refractivity contribution is 7.71. The normalized spacial score (nSPS) is 14.2. The van der Waals surface area contributed by atoms with Crippen LogP contribution in [0.25, 0.3) is 0 Å². The lowest BCUT2D eigenvalue weighted by Crippen LogP contribution is -1.98. The number of nitrogens with one attached hydrogen (secondary N) is 2. The van der Waals surface area contributed by atoms with E-state index in [1.165, 1.54) is 0 Å². The van der Waals surface area contributed by atoms with E-state index in [2.05, 4.69) is 15.3 Å². The smallest absolute Gasteiger partial charge is 0.200 e. The van der Waals surface area contributed by atoms with E-state index in [9.17, 15) is 0 Å². The number of aromatic nitrogens is 2. The first-order chi connectivity index (χ1) is 5.27. The van der Waals surface area contributed by atoms with Crippen molar-refractivity contribution in [2.75, 3.05) is 17.6 Å². The summed E-state index contributed by atoms with van der Waals surface area (Å²) in [6, 6.07) is 0. The molecule has 0 bridgehead atoms. The average Bonchev–Trinajstić information content (AvgIpc) is 2.34. The number of nitrogen functional groups attached to an aromatic ring is 1. The number of hydrogen-bond acceptors (Lipinski definition) is 4. The molecule has 0 radical (unpaired) electrons. The maximum atomic E-state index is 5.67. The summed E-state index contributed by atoms with van der Waals surface area (Å²) < 4.78 is 0.440. The van der Waals surface area contributed by atoms with Gasteiger partial charge in [-0.25, -0.2) is 4.98 Å². The number of nitrogens with zero attached hydrogens (tertiary/aromatic N) is 1. The highest BCUT2D eigenvalue weighted by Crippen LogP contribution is 2.22. The number of H-pyrrole nitrogens is 1. The Kier molecular flexibility index (Phi) is 1.32. The molecule has 2 heterocycles. The molecule has 0 aromatic carbocycles. The van der Waals surface area contributed by atoms with Gasteiger partial charge in [-0.15, -0.1) is 0 Å². The van der Waals surface area contributed by atoms with Crippen LogP contribution in [0.2, 0.25) is 0 Å². The monoisotopic (exact) mass is 168 g/mol. The third kappa shape index (κ3) is 0.970. The fraction of sp³-hybridized carbons (Fsp3) is 0.333. The Hall–Kier alpha value is -1.10. The van der Waals surface area contributed by atoms with E-state index >= 15 is 0 Å². The van der Waals surface area contributed by atoms with Gasteiger partial charge in [0.25, 0.3) is 0 Å². The van der Waals surface area contributed by atoms with Gasteiger partial charge in [0.05, 0.1) is 0 Å². The predicted molar refractivity (Wildman–Crippen MR) is 46.0 cm³/mol. The van der Waals surface area contributed by atoms with Crippen molar-refractivity contribution in [2.24, 2.45) is 0 Å². The Morgan fingerprint density at radius 3 is 3.18 bits per heavy atom. The molecular formula is C6H8N4S. The van der Waals surface area contributed by atoms with E-state index in [-0.39, 0.29) is 0 Å². The molecule has 5 heteroatoms. The lowest BCUT2D eigenvalue weighted by atomic mass is 10.2. The third-order valence-electron chi connectivity index (χ3n) is 1.73. The van der Waals surface area contributed by atoms with Crippen LogP contribution < -0.4 is 11.1 Å². The van der Waals surface area contributed by atoms with E-state index in [1.54, 1.807) is 0 Å². The molecule has 0 amide bonds. The Bertz CT molecular complexity index is 343. The van der Waals surface area contributed by atoms with Crippen molar-refractivity contribution in [3.05, 3.63) is 10.3 Å². The van der Waals surface area contributed by atoms with Gasteiger partial charge in [0.1, 0.15) is 11.6 Å². The second-order valence-corrected chi connectivity index (χ2v) is 2.85. The summed E-state index contributed by atoms with van der Waals surface area (Å²) in [4.78, 5) is 6.89. The van der Waals surface area contributed by atoms with Crippen LogP contribution in [-0.2, 0) is 6.42 Å². The molecule has 4 nitrogen and oxygen atoms in total. The minimum Gasteiger partial charge on any atom is -0.385 e. The van der Waals surface area contributed by atoms with Gasteiger partial charge < -0.3 is 16.0 Å². The first-order valence-corrected chi connectivity index (χ1v) is 3.81. The van der Waals surface area contributed by atoms with Crippen molar-refractivity contribution in [3.8, 4) is 0 Å². The summed E-state index contributed by atoms with van der Waals surface area (Å²) in [6.07, 6.45) is 0.931. The van der Waals surface area contributed by atoms with Gasteiger partial charge in [-0.3, -0.25) is 0 Å². The maximum Gasteiger partial charge on any atom is 0.200 e. The lowest BCUT2D eigenvalue weighted by molar-refractivity contribution is 1.09. The van der Waals surface area contributed by atoms with Gasteiger partial charge in [0.15, 0.2) is 4.77 Å². The zero-order chi connectivity index (χ0) is 7.84. The molecule has 0 spiro atoms. The SMILES string of the molecule is Nc1[nH]c(=S)nc2c1CCN2. The lowest BCUT2D eigenvalue weighted by Gasteiger charge is -2.00. The summed E-state index contributed by atoms with van der Waals surface area (Å²) in [5, 5.41) is 3.10. The number of anilines is 2. The molecule has 2 rings (SSSR count). The van der Waals surface area contributed by atoms with Crippen LogP contribution in [0.15, 0.2) is 0 Å². The van der Waals surface area contributed by atoms with Crippen LogP contribution in [-0.4, -0.2) is 16.5 Å². The van der Waals surface area contributed by atoms with Crippen molar-refractivity contribution in [1.82, 2.24) is 9.97 Å². The van der Waals surface area contributed by atoms with Crippen LogP contribution >= 0.6 is 12.2 Å². The van der Waals surface area contributed by atoms with E-state index < -0.39 is 0 Å². The van der Waals surface area contributed by atoms with Gasteiger partial charge in [-0.1, -0.05) is 0 Å². The molecule has 1 aromatic rings. The Balaban J connectivity index is 2.70. The van der Waals surface area contributed by atoms with Crippen molar-refractivity contribution >= 4 is 23.9 Å². The molecule has 0 saturated carbocycles. The molecule has 0 aliphatic carbocycles. The second-order valence-electron chi connectivity index (χ2n) is 2.46. The van der Waals surface area contributed by atoms with Crippen molar-refractivity contribution in [2.45, 2.75) is 6.42 Å². The number of nitrogens with two attached hydrogens (primary N) is 1. The maximum absolute atomic E-state index is 5.67. The van der Waals surface area contributed by atoms with Gasteiger partial charge >= 0.3 is 0 Å². The number of fused-ring (bicyclic) bond motifs is 1. The average molecular weight is 168 g/mol. The zero-order valence-corrected chi connectivity index (χ0v) is 6.66. The number of hydrogen-bond donors (Lipinski definition) is 3. The van der Waals surface area contributed by atoms with Gasteiger partial charge in [-0.05, 0) is 18.6 Å². The minimum absolute atomic E-state index is 0.440. The topological polar surface area (TPSA) is 66.7 Å². The Morgan fingerprint density at radius 1 is 1.55 bits per heavy atom. The van der Waals surface area contributed by atoms with Crippen LogP contribution in [0.5, 0.6) is 0 Å². The van der Waals surface area contributed by atoms with Crippen molar-refractivity contribution in [3.63, 3.8) is 0 Å². The number of rotatable bonds is 0. The first kappa shape index (κ1) is 6.60. The quantitative estimate of drug-likeness (QED) is 0.499. The van der Waals surface area contributed by atoms with Gasteiger partial charge in [0.2, 0.25) is 0 Å². The van der Waals surface area contributed by atoms with Crippen LogP contribution in [0, 0.1) is 4.77 Å². The van der Waals surface area contributed by atoms with Crippen LogP contribution in [0.3, 0.4) is 0 Å². The summed E-state index contributed by atoms with van der Waals surface area (Å²) in [5.74, 6) is 1.48. The van der Waals surface area contributed by atoms with Crippen molar-refractivity contribution < 1.29 is 0 Å². The Labute approximate surface area is 68.8 Å². The fourth-order valence-corrected chi connectivity index (χ4v) is 1.42. The van der Waals surface area contributed by atoms with E-state index in [0.29, 0.717) is 10.6 Å². The molecule has 0 fully saturated rings. The summed E-state index contributed by atoms with van der Waals surface area (Å²) in [5.41, 5.74) is 6.72. The molecule has 1 aromatic heterocycles. The Morgan fingerprint density at radius 2 is 2.36 bits per heavy atom. The highest BCUT2D eigenvalue weighted by Gasteiger charge is 2.14. The zero-order valence-electron chi connectivity index (χ0n) is 5.85. The molecule has 1 aliphatic heterocycles. The highest BCUT2D eigenvalue weighted by atomic mass is 32.1. The number of aromatic amines is 1.